The Bertz CT molecular complexity index is 1240. The van der Waals surface area contributed by atoms with Crippen molar-refractivity contribution < 1.29 is 13.2 Å². The van der Waals surface area contributed by atoms with Crippen molar-refractivity contribution in [1.29, 1.82) is 0 Å². The monoisotopic (exact) mass is 401 g/mol. The fraction of sp³-hybridized carbons (Fsp3) is 0.176. The van der Waals surface area contributed by atoms with E-state index in [4.69, 9.17) is 4.74 Å². The number of hydrogen-bond acceptors (Lipinski definition) is 7. The molecule has 4 rings (SSSR count). The Morgan fingerprint density at radius 3 is 2.41 bits per heavy atom. The number of rotatable bonds is 4. The van der Waals surface area contributed by atoms with Crippen molar-refractivity contribution in [3.63, 3.8) is 0 Å². The Balaban J connectivity index is 2.22. The molecule has 4 aromatic rings. The van der Waals surface area contributed by atoms with Crippen molar-refractivity contribution in [2.24, 2.45) is 0 Å². The number of hydrogen-bond donors (Lipinski definition) is 0. The summed E-state index contributed by atoms with van der Waals surface area (Å²) in [6.45, 7) is 0. The zero-order chi connectivity index (χ0) is 19.1. The average Bonchev–Trinajstić information content (AvgIpc) is 3.02. The molecular weight excluding hydrogens is 386 g/mol. The summed E-state index contributed by atoms with van der Waals surface area (Å²) in [5.74, 6) is 0.601. The molecule has 0 N–H and O–H groups in total. The van der Waals surface area contributed by atoms with Crippen LogP contribution in [0.4, 0.5) is 0 Å². The van der Waals surface area contributed by atoms with E-state index in [1.54, 1.807) is 54.6 Å². The Hall–Kier alpha value is -2.72. The SMILES string of the molecule is COc1ccnc2c1c(-c1ccnc(S(C)=O)n1)c1ccnc(S(C)=O)n12. The zero-order valence-electron chi connectivity index (χ0n) is 14.7. The van der Waals surface area contributed by atoms with Crippen LogP contribution in [0.2, 0.25) is 0 Å². The van der Waals surface area contributed by atoms with Crippen LogP contribution in [0.3, 0.4) is 0 Å². The molecule has 0 radical (unpaired) electrons. The third-order valence-electron chi connectivity index (χ3n) is 4.08. The zero-order valence-corrected chi connectivity index (χ0v) is 16.4. The van der Waals surface area contributed by atoms with Gasteiger partial charge >= 0.3 is 0 Å². The number of pyridine rings is 1. The van der Waals surface area contributed by atoms with E-state index in [-0.39, 0.29) is 5.16 Å². The van der Waals surface area contributed by atoms with Crippen LogP contribution < -0.4 is 4.74 Å². The molecule has 0 aliphatic rings. The minimum atomic E-state index is -1.33. The topological polar surface area (TPSA) is 99.3 Å². The lowest BCUT2D eigenvalue weighted by molar-refractivity contribution is 0.419. The average molecular weight is 401 g/mol. The van der Waals surface area contributed by atoms with Gasteiger partial charge in [0.15, 0.2) is 5.65 Å². The van der Waals surface area contributed by atoms with Crippen LogP contribution in [0.1, 0.15) is 0 Å². The Morgan fingerprint density at radius 2 is 1.70 bits per heavy atom. The molecule has 0 aromatic carbocycles. The second-order valence-electron chi connectivity index (χ2n) is 5.67. The number of fused-ring (bicyclic) bond motifs is 3. The first-order valence-electron chi connectivity index (χ1n) is 7.85. The molecule has 0 aliphatic carbocycles. The van der Waals surface area contributed by atoms with Crippen molar-refractivity contribution in [3.8, 4) is 17.0 Å². The van der Waals surface area contributed by atoms with Gasteiger partial charge in [0.25, 0.3) is 0 Å². The normalized spacial score (nSPS) is 13.7. The number of nitrogens with zero attached hydrogens (tertiary/aromatic N) is 5. The Morgan fingerprint density at radius 1 is 0.963 bits per heavy atom. The van der Waals surface area contributed by atoms with Crippen LogP contribution in [-0.4, -0.2) is 52.4 Å². The van der Waals surface area contributed by atoms with Crippen LogP contribution in [-0.2, 0) is 21.6 Å². The van der Waals surface area contributed by atoms with Gasteiger partial charge in [-0.3, -0.25) is 12.8 Å². The summed E-state index contributed by atoms with van der Waals surface area (Å²) in [5, 5.41) is 1.32. The van der Waals surface area contributed by atoms with Crippen LogP contribution in [0.25, 0.3) is 27.8 Å². The maximum atomic E-state index is 12.2. The van der Waals surface area contributed by atoms with Crippen molar-refractivity contribution in [2.45, 2.75) is 10.3 Å². The van der Waals surface area contributed by atoms with E-state index in [0.717, 1.165) is 11.1 Å². The van der Waals surface area contributed by atoms with E-state index in [1.165, 1.54) is 6.26 Å². The van der Waals surface area contributed by atoms with Gasteiger partial charge in [-0.05, 0) is 18.2 Å². The summed E-state index contributed by atoms with van der Waals surface area (Å²) in [4.78, 5) is 17.3. The molecule has 0 aliphatic heterocycles. The van der Waals surface area contributed by atoms with Crippen molar-refractivity contribution in [3.05, 3.63) is 36.8 Å². The molecule has 4 heterocycles. The highest BCUT2D eigenvalue weighted by molar-refractivity contribution is 7.84. The predicted molar refractivity (Wildman–Crippen MR) is 103 cm³/mol. The highest BCUT2D eigenvalue weighted by Gasteiger charge is 2.22. The van der Waals surface area contributed by atoms with E-state index < -0.39 is 21.6 Å². The van der Waals surface area contributed by atoms with E-state index in [9.17, 15) is 8.42 Å². The lowest BCUT2D eigenvalue weighted by Crippen LogP contribution is -2.02. The second-order valence-corrected chi connectivity index (χ2v) is 8.21. The van der Waals surface area contributed by atoms with Crippen LogP contribution in [0.15, 0.2) is 47.1 Å². The number of ether oxygens (including phenoxy) is 1. The first-order valence-corrected chi connectivity index (χ1v) is 11.0. The molecule has 0 amide bonds. The minimum absolute atomic E-state index is 0.233. The third-order valence-corrected chi connectivity index (χ3v) is 5.60. The molecule has 0 spiro atoms. The van der Waals surface area contributed by atoms with Gasteiger partial charge in [-0.15, -0.1) is 0 Å². The van der Waals surface area contributed by atoms with Gasteiger partial charge in [0, 0.05) is 36.7 Å². The van der Waals surface area contributed by atoms with Gasteiger partial charge in [0.1, 0.15) is 5.75 Å². The maximum Gasteiger partial charge on any atom is 0.218 e. The van der Waals surface area contributed by atoms with E-state index in [0.29, 0.717) is 27.6 Å². The van der Waals surface area contributed by atoms with Crippen molar-refractivity contribution in [1.82, 2.24) is 24.3 Å². The summed E-state index contributed by atoms with van der Waals surface area (Å²) in [6, 6.07) is 5.29. The van der Waals surface area contributed by atoms with Gasteiger partial charge in [-0.1, -0.05) is 0 Å². The molecule has 0 saturated carbocycles. The van der Waals surface area contributed by atoms with E-state index >= 15 is 0 Å². The molecule has 0 bridgehead atoms. The first-order chi connectivity index (χ1) is 13.0. The molecule has 0 fully saturated rings. The molecule has 2 unspecified atom stereocenters. The Kier molecular flexibility index (Phi) is 4.44. The van der Waals surface area contributed by atoms with Crippen molar-refractivity contribution in [2.75, 3.05) is 19.6 Å². The van der Waals surface area contributed by atoms with Gasteiger partial charge in [-0.25, -0.2) is 19.9 Å². The summed E-state index contributed by atoms with van der Waals surface area (Å²) in [6.07, 6.45) is 7.88. The van der Waals surface area contributed by atoms with E-state index in [2.05, 4.69) is 19.9 Å². The highest BCUT2D eigenvalue weighted by atomic mass is 32.2. The largest absolute Gasteiger partial charge is 0.496 e. The maximum absolute atomic E-state index is 12.2. The van der Waals surface area contributed by atoms with Crippen molar-refractivity contribution >= 4 is 38.1 Å². The third kappa shape index (κ3) is 2.81. The van der Waals surface area contributed by atoms with Gasteiger partial charge < -0.3 is 4.74 Å². The molecule has 4 aromatic heterocycles. The first kappa shape index (κ1) is 17.7. The number of aromatic nitrogens is 5. The fourth-order valence-corrected chi connectivity index (χ4v) is 4.11. The number of methoxy groups -OCH3 is 1. The molecule has 2 atom stereocenters. The molecule has 10 heteroatoms. The van der Waals surface area contributed by atoms with E-state index in [1.807, 2.05) is 0 Å². The van der Waals surface area contributed by atoms with Crippen LogP contribution >= 0.6 is 0 Å². The smallest absolute Gasteiger partial charge is 0.218 e. The van der Waals surface area contributed by atoms with Gasteiger partial charge in [0.2, 0.25) is 10.3 Å². The van der Waals surface area contributed by atoms with Crippen LogP contribution in [0.5, 0.6) is 5.75 Å². The van der Waals surface area contributed by atoms with Gasteiger partial charge in [0.05, 0.1) is 45.3 Å². The molecule has 27 heavy (non-hydrogen) atoms. The molecule has 8 nitrogen and oxygen atoms in total. The quantitative estimate of drug-likeness (QED) is 0.481. The molecular formula is C17H15N5O3S2. The lowest BCUT2D eigenvalue weighted by atomic mass is 10.1. The standard InChI is InChI=1S/C17H15N5O3S2/c1-25-12-6-9-18-15-14(12)13(10-4-7-19-16(21-10)26(2)23)11-5-8-20-17(22(11)15)27(3)24/h4-9H,1-3H3. The summed E-state index contributed by atoms with van der Waals surface area (Å²) < 4.78 is 31.4. The fourth-order valence-electron chi connectivity index (χ4n) is 3.02. The Labute approximate surface area is 159 Å². The predicted octanol–water partition coefficient (Wildman–Crippen LogP) is 1.82. The molecule has 138 valence electrons. The summed E-state index contributed by atoms with van der Waals surface area (Å²) in [7, 11) is -1.08. The van der Waals surface area contributed by atoms with Gasteiger partial charge in [-0.2, -0.15) is 0 Å². The lowest BCUT2D eigenvalue weighted by Gasteiger charge is -2.05. The highest BCUT2D eigenvalue weighted by Crippen LogP contribution is 2.39. The second kappa shape index (κ2) is 6.78. The summed E-state index contributed by atoms with van der Waals surface area (Å²) >= 11 is 0. The molecule has 0 saturated heterocycles. The van der Waals surface area contributed by atoms with Crippen LogP contribution in [0, 0.1) is 0 Å². The summed E-state index contributed by atoms with van der Waals surface area (Å²) in [5.41, 5.74) is 2.61. The minimum Gasteiger partial charge on any atom is -0.496 e.